The van der Waals surface area contributed by atoms with E-state index in [-0.39, 0.29) is 17.3 Å². The first kappa shape index (κ1) is 17.0. The van der Waals surface area contributed by atoms with E-state index in [9.17, 15) is 14.9 Å². The van der Waals surface area contributed by atoms with Gasteiger partial charge in [0.1, 0.15) is 0 Å². The van der Waals surface area contributed by atoms with Gasteiger partial charge in [-0.15, -0.1) is 11.8 Å². The molecule has 2 rings (SSSR count). The first-order chi connectivity index (χ1) is 10.9. The second-order valence-electron chi connectivity index (χ2n) is 5.36. The molecule has 0 bridgehead atoms. The largest absolute Gasteiger partial charge is 0.325 e. The zero-order valence-electron chi connectivity index (χ0n) is 13.3. The average Bonchev–Trinajstić information content (AvgIpc) is 2.50. The second kappa shape index (κ2) is 7.28. The van der Waals surface area contributed by atoms with Crippen LogP contribution in [0, 0.1) is 30.9 Å². The lowest BCUT2D eigenvalue weighted by Crippen LogP contribution is -2.14. The van der Waals surface area contributed by atoms with Crippen molar-refractivity contribution in [3.63, 3.8) is 0 Å². The van der Waals surface area contributed by atoms with E-state index in [2.05, 4.69) is 5.32 Å². The molecule has 6 heteroatoms. The molecule has 0 fully saturated rings. The highest BCUT2D eigenvalue weighted by atomic mass is 32.2. The molecule has 0 aromatic heterocycles. The first-order valence-electron chi connectivity index (χ1n) is 7.12. The summed E-state index contributed by atoms with van der Waals surface area (Å²) < 4.78 is 0. The van der Waals surface area contributed by atoms with E-state index in [1.54, 1.807) is 19.1 Å². The Bertz CT molecular complexity index is 759. The van der Waals surface area contributed by atoms with Gasteiger partial charge in [-0.05, 0) is 38.5 Å². The van der Waals surface area contributed by atoms with Gasteiger partial charge in [0.25, 0.3) is 5.69 Å². The Morgan fingerprint density at radius 3 is 2.52 bits per heavy atom. The van der Waals surface area contributed by atoms with Crippen LogP contribution in [-0.2, 0) is 4.79 Å². The number of amides is 1. The van der Waals surface area contributed by atoms with Gasteiger partial charge in [-0.3, -0.25) is 14.9 Å². The van der Waals surface area contributed by atoms with E-state index in [0.29, 0.717) is 11.3 Å². The number of rotatable bonds is 5. The average molecular weight is 330 g/mol. The Morgan fingerprint density at radius 1 is 1.13 bits per heavy atom. The minimum Gasteiger partial charge on any atom is -0.325 e. The number of carbonyl (C=O) groups is 1. The van der Waals surface area contributed by atoms with E-state index < -0.39 is 4.92 Å². The summed E-state index contributed by atoms with van der Waals surface area (Å²) >= 11 is 1.46. The monoisotopic (exact) mass is 330 g/mol. The molecule has 0 saturated heterocycles. The quantitative estimate of drug-likeness (QED) is 0.505. The summed E-state index contributed by atoms with van der Waals surface area (Å²) in [4.78, 5) is 23.6. The van der Waals surface area contributed by atoms with Crippen LogP contribution >= 0.6 is 11.8 Å². The van der Waals surface area contributed by atoms with Gasteiger partial charge < -0.3 is 5.32 Å². The number of nitrogens with zero attached hydrogens (tertiary/aromatic N) is 1. The van der Waals surface area contributed by atoms with Crippen molar-refractivity contribution >= 4 is 29.0 Å². The van der Waals surface area contributed by atoms with Gasteiger partial charge in [-0.2, -0.15) is 0 Å². The van der Waals surface area contributed by atoms with Crippen LogP contribution in [0.5, 0.6) is 0 Å². The Kier molecular flexibility index (Phi) is 5.39. The summed E-state index contributed by atoms with van der Waals surface area (Å²) in [6.07, 6.45) is 0. The van der Waals surface area contributed by atoms with Crippen molar-refractivity contribution in [2.45, 2.75) is 25.7 Å². The fourth-order valence-electron chi connectivity index (χ4n) is 2.09. The van der Waals surface area contributed by atoms with E-state index >= 15 is 0 Å². The lowest BCUT2D eigenvalue weighted by atomic mass is 10.2. The molecule has 0 heterocycles. The van der Waals surface area contributed by atoms with E-state index in [1.165, 1.54) is 17.8 Å². The number of hydrogen-bond donors (Lipinski definition) is 1. The van der Waals surface area contributed by atoms with Crippen molar-refractivity contribution in [2.75, 3.05) is 11.1 Å². The molecule has 2 aromatic rings. The predicted octanol–water partition coefficient (Wildman–Crippen LogP) is 4.25. The maximum absolute atomic E-state index is 12.0. The van der Waals surface area contributed by atoms with Crippen molar-refractivity contribution in [1.82, 2.24) is 0 Å². The number of carbonyl (C=O) groups excluding carboxylic acids is 1. The normalized spacial score (nSPS) is 10.4. The number of thioether (sulfide) groups is 1. The van der Waals surface area contributed by atoms with Crippen molar-refractivity contribution < 1.29 is 9.72 Å². The third kappa shape index (κ3) is 4.56. The summed E-state index contributed by atoms with van der Waals surface area (Å²) in [6.45, 7) is 5.68. The third-order valence-electron chi connectivity index (χ3n) is 3.39. The number of anilines is 1. The fourth-order valence-corrected chi connectivity index (χ4v) is 3.01. The molecule has 0 spiro atoms. The Labute approximate surface area is 139 Å². The molecule has 120 valence electrons. The number of nitro groups is 1. The SMILES string of the molecule is Cc1ccc(C)c(SCC(=O)Nc2ccc(C)c([N+](=O)[O-])c2)c1. The van der Waals surface area contributed by atoms with E-state index in [1.807, 2.05) is 32.0 Å². The lowest BCUT2D eigenvalue weighted by molar-refractivity contribution is -0.385. The summed E-state index contributed by atoms with van der Waals surface area (Å²) in [5, 5.41) is 13.6. The molecule has 0 aliphatic heterocycles. The van der Waals surface area contributed by atoms with Gasteiger partial charge in [-0.25, -0.2) is 0 Å². The minimum absolute atomic E-state index is 0.00461. The first-order valence-corrected chi connectivity index (χ1v) is 8.10. The van der Waals surface area contributed by atoms with Crippen molar-refractivity contribution in [2.24, 2.45) is 0 Å². The van der Waals surface area contributed by atoms with Crippen molar-refractivity contribution in [3.05, 3.63) is 63.2 Å². The summed E-state index contributed by atoms with van der Waals surface area (Å²) in [7, 11) is 0. The highest BCUT2D eigenvalue weighted by molar-refractivity contribution is 8.00. The van der Waals surface area contributed by atoms with Gasteiger partial charge in [0, 0.05) is 22.2 Å². The molecule has 0 aliphatic carbocycles. The second-order valence-corrected chi connectivity index (χ2v) is 6.38. The van der Waals surface area contributed by atoms with Crippen LogP contribution in [0.25, 0.3) is 0 Å². The van der Waals surface area contributed by atoms with Gasteiger partial charge in [0.15, 0.2) is 0 Å². The number of aryl methyl sites for hydroxylation is 3. The third-order valence-corrected chi connectivity index (χ3v) is 4.55. The topological polar surface area (TPSA) is 72.2 Å². The molecule has 1 amide bonds. The molecule has 0 radical (unpaired) electrons. The van der Waals surface area contributed by atoms with Crippen LogP contribution in [0.15, 0.2) is 41.3 Å². The van der Waals surface area contributed by atoms with Crippen molar-refractivity contribution in [1.29, 1.82) is 0 Å². The molecule has 1 N–H and O–H groups in total. The van der Waals surface area contributed by atoms with Crippen LogP contribution in [0.2, 0.25) is 0 Å². The predicted molar refractivity (Wildman–Crippen MR) is 93.1 cm³/mol. The molecule has 2 aromatic carbocycles. The van der Waals surface area contributed by atoms with Crippen LogP contribution in [-0.4, -0.2) is 16.6 Å². The summed E-state index contributed by atoms with van der Waals surface area (Å²) in [5.74, 6) is 0.0699. The Hall–Kier alpha value is -2.34. The molecule has 0 unspecified atom stereocenters. The molecular formula is C17H18N2O3S. The van der Waals surface area contributed by atoms with Gasteiger partial charge >= 0.3 is 0 Å². The van der Waals surface area contributed by atoms with Gasteiger partial charge in [0.05, 0.1) is 10.7 Å². The Balaban J connectivity index is 2.01. The highest BCUT2D eigenvalue weighted by Crippen LogP contribution is 2.25. The minimum atomic E-state index is -0.449. The van der Waals surface area contributed by atoms with Crippen LogP contribution < -0.4 is 5.32 Å². The molecular weight excluding hydrogens is 312 g/mol. The fraction of sp³-hybridized carbons (Fsp3) is 0.235. The van der Waals surface area contributed by atoms with Crippen LogP contribution in [0.3, 0.4) is 0 Å². The number of benzene rings is 2. The highest BCUT2D eigenvalue weighted by Gasteiger charge is 2.12. The van der Waals surface area contributed by atoms with Gasteiger partial charge in [-0.1, -0.05) is 23.8 Å². The van der Waals surface area contributed by atoms with Crippen molar-refractivity contribution in [3.8, 4) is 0 Å². The standard InChI is InChI=1S/C17H18N2O3S/c1-11-4-5-13(3)16(8-11)23-10-17(20)18-14-7-6-12(2)15(9-14)19(21)22/h4-9H,10H2,1-3H3,(H,18,20). The zero-order chi connectivity index (χ0) is 17.0. The number of nitrogens with one attached hydrogen (secondary N) is 1. The van der Waals surface area contributed by atoms with Gasteiger partial charge in [0.2, 0.25) is 5.91 Å². The smallest absolute Gasteiger partial charge is 0.274 e. The maximum Gasteiger partial charge on any atom is 0.274 e. The summed E-state index contributed by atoms with van der Waals surface area (Å²) in [6, 6.07) is 10.8. The number of hydrogen-bond acceptors (Lipinski definition) is 4. The molecule has 5 nitrogen and oxygen atoms in total. The lowest BCUT2D eigenvalue weighted by Gasteiger charge is -2.08. The maximum atomic E-state index is 12.0. The molecule has 23 heavy (non-hydrogen) atoms. The molecule has 0 aliphatic rings. The number of nitro benzene ring substituents is 1. The molecule has 0 saturated carbocycles. The van der Waals surface area contributed by atoms with Crippen LogP contribution in [0.4, 0.5) is 11.4 Å². The Morgan fingerprint density at radius 2 is 1.83 bits per heavy atom. The molecule has 0 atom stereocenters. The van der Waals surface area contributed by atoms with Crippen LogP contribution in [0.1, 0.15) is 16.7 Å². The van der Waals surface area contributed by atoms with E-state index in [0.717, 1.165) is 16.0 Å². The zero-order valence-corrected chi connectivity index (χ0v) is 14.1. The van der Waals surface area contributed by atoms with E-state index in [4.69, 9.17) is 0 Å². The summed E-state index contributed by atoms with van der Waals surface area (Å²) in [5.41, 5.74) is 3.28.